The van der Waals surface area contributed by atoms with Gasteiger partial charge in [-0.25, -0.2) is 0 Å². The molecule has 0 aliphatic rings. The quantitative estimate of drug-likeness (QED) is 0.292. The van der Waals surface area contributed by atoms with E-state index in [-0.39, 0.29) is 18.7 Å². The maximum Gasteiger partial charge on any atom is 0.243 e. The standard InChI is InChI=1S/C24H25N5O3/c1-14(30)28-22(11-16-13-27-20-9-5-3-7-18(16)20)24(32)29-21(23(25)31)10-15-12-26-19-8-4-2-6-17(15)19/h2-9,12-13,21-22,26-27H,10-11H2,1H3,(H2,25,31)(H,28,30)(H,29,32)/t21-,22-/m0/s1. The Balaban J connectivity index is 1.54. The molecule has 4 rings (SSSR count). The smallest absolute Gasteiger partial charge is 0.243 e. The average molecular weight is 431 g/mol. The van der Waals surface area contributed by atoms with Gasteiger partial charge in [-0.05, 0) is 23.3 Å². The molecule has 2 atom stereocenters. The molecule has 2 aromatic heterocycles. The van der Waals surface area contributed by atoms with E-state index >= 15 is 0 Å². The van der Waals surface area contributed by atoms with E-state index in [4.69, 9.17) is 5.73 Å². The number of H-pyrrole nitrogens is 2. The van der Waals surface area contributed by atoms with Crippen LogP contribution in [0.3, 0.4) is 0 Å². The fourth-order valence-corrected chi connectivity index (χ4v) is 3.99. The first-order chi connectivity index (χ1) is 15.4. The van der Waals surface area contributed by atoms with Crippen LogP contribution in [0.15, 0.2) is 60.9 Å². The van der Waals surface area contributed by atoms with Crippen LogP contribution in [0.25, 0.3) is 21.8 Å². The van der Waals surface area contributed by atoms with Crippen LogP contribution < -0.4 is 16.4 Å². The Labute approximate surface area is 184 Å². The molecule has 2 heterocycles. The van der Waals surface area contributed by atoms with Crippen molar-refractivity contribution in [2.24, 2.45) is 5.73 Å². The van der Waals surface area contributed by atoms with Crippen molar-refractivity contribution in [2.75, 3.05) is 0 Å². The zero-order chi connectivity index (χ0) is 22.7. The van der Waals surface area contributed by atoms with Crippen molar-refractivity contribution >= 4 is 39.5 Å². The Morgan fingerprint density at radius 1 is 0.812 bits per heavy atom. The van der Waals surface area contributed by atoms with Gasteiger partial charge in [0.1, 0.15) is 12.1 Å². The van der Waals surface area contributed by atoms with Crippen LogP contribution in [0, 0.1) is 0 Å². The molecule has 6 N–H and O–H groups in total. The molecule has 0 radical (unpaired) electrons. The van der Waals surface area contributed by atoms with Gasteiger partial charge in [0.15, 0.2) is 0 Å². The van der Waals surface area contributed by atoms with Crippen molar-refractivity contribution < 1.29 is 14.4 Å². The molecular weight excluding hydrogens is 406 g/mol. The zero-order valence-corrected chi connectivity index (χ0v) is 17.6. The van der Waals surface area contributed by atoms with Crippen LogP contribution in [-0.4, -0.2) is 39.8 Å². The van der Waals surface area contributed by atoms with Crippen LogP contribution in [0.1, 0.15) is 18.1 Å². The number of carbonyl (C=O) groups is 3. The van der Waals surface area contributed by atoms with E-state index in [2.05, 4.69) is 20.6 Å². The summed E-state index contributed by atoms with van der Waals surface area (Å²) in [5.41, 5.74) is 9.25. The minimum Gasteiger partial charge on any atom is -0.368 e. The number of nitrogens with two attached hydrogens (primary N) is 1. The summed E-state index contributed by atoms with van der Waals surface area (Å²) in [5.74, 6) is -1.44. The molecule has 0 bridgehead atoms. The fraction of sp³-hybridized carbons (Fsp3) is 0.208. The normalized spacial score (nSPS) is 13.0. The second-order valence-corrected chi connectivity index (χ2v) is 7.84. The Morgan fingerprint density at radius 3 is 1.81 bits per heavy atom. The lowest BCUT2D eigenvalue weighted by molar-refractivity contribution is -0.130. The van der Waals surface area contributed by atoms with Crippen LogP contribution in [0.5, 0.6) is 0 Å². The van der Waals surface area contributed by atoms with Gasteiger partial charge < -0.3 is 26.3 Å². The number of aromatic amines is 2. The van der Waals surface area contributed by atoms with Crippen molar-refractivity contribution in [3.63, 3.8) is 0 Å². The predicted octanol–water partition coefficient (Wildman–Crippen LogP) is 1.91. The van der Waals surface area contributed by atoms with E-state index < -0.39 is 23.9 Å². The van der Waals surface area contributed by atoms with Crippen LogP contribution in [0.4, 0.5) is 0 Å². The van der Waals surface area contributed by atoms with E-state index in [0.717, 1.165) is 32.9 Å². The zero-order valence-electron chi connectivity index (χ0n) is 17.6. The number of fused-ring (bicyclic) bond motifs is 2. The minimum absolute atomic E-state index is 0.241. The molecule has 2 aromatic carbocycles. The molecule has 0 aliphatic carbocycles. The molecule has 0 saturated heterocycles. The number of amides is 3. The summed E-state index contributed by atoms with van der Waals surface area (Å²) in [4.78, 5) is 43.3. The van der Waals surface area contributed by atoms with E-state index in [1.54, 1.807) is 0 Å². The van der Waals surface area contributed by atoms with E-state index in [1.807, 2.05) is 60.9 Å². The van der Waals surface area contributed by atoms with E-state index in [1.165, 1.54) is 6.92 Å². The highest BCUT2D eigenvalue weighted by Gasteiger charge is 2.26. The minimum atomic E-state index is -0.916. The Bertz CT molecular complexity index is 1290. The van der Waals surface area contributed by atoms with Gasteiger partial charge in [-0.3, -0.25) is 14.4 Å². The number of hydrogen-bond donors (Lipinski definition) is 5. The Hall–Kier alpha value is -4.07. The molecule has 0 spiro atoms. The summed E-state index contributed by atoms with van der Waals surface area (Å²) in [5, 5.41) is 7.36. The van der Waals surface area contributed by atoms with E-state index in [9.17, 15) is 14.4 Å². The van der Waals surface area contributed by atoms with Gasteiger partial charge in [0, 0.05) is 54.0 Å². The van der Waals surface area contributed by atoms with Gasteiger partial charge >= 0.3 is 0 Å². The highest BCUT2D eigenvalue weighted by molar-refractivity contribution is 5.93. The third-order valence-electron chi connectivity index (χ3n) is 5.55. The Kier molecular flexibility index (Phi) is 5.93. The number of nitrogens with one attached hydrogen (secondary N) is 4. The maximum absolute atomic E-state index is 13.1. The fourth-order valence-electron chi connectivity index (χ4n) is 3.99. The van der Waals surface area contributed by atoms with Gasteiger partial charge in [0.2, 0.25) is 17.7 Å². The highest BCUT2D eigenvalue weighted by atomic mass is 16.2. The molecule has 0 aliphatic heterocycles. The molecule has 32 heavy (non-hydrogen) atoms. The van der Waals surface area contributed by atoms with Crippen molar-refractivity contribution in [1.29, 1.82) is 0 Å². The van der Waals surface area contributed by atoms with Gasteiger partial charge in [-0.1, -0.05) is 36.4 Å². The molecule has 0 saturated carbocycles. The number of primary amides is 1. The number of hydrogen-bond acceptors (Lipinski definition) is 3. The Morgan fingerprint density at radius 2 is 1.31 bits per heavy atom. The predicted molar refractivity (Wildman–Crippen MR) is 123 cm³/mol. The lowest BCUT2D eigenvalue weighted by atomic mass is 10.0. The largest absolute Gasteiger partial charge is 0.368 e. The summed E-state index contributed by atoms with van der Waals surface area (Å²) < 4.78 is 0. The van der Waals surface area contributed by atoms with Gasteiger partial charge in [0.25, 0.3) is 0 Å². The summed E-state index contributed by atoms with van der Waals surface area (Å²) in [6.07, 6.45) is 4.15. The topological polar surface area (TPSA) is 133 Å². The number of rotatable bonds is 8. The van der Waals surface area contributed by atoms with Crippen molar-refractivity contribution in [1.82, 2.24) is 20.6 Å². The monoisotopic (exact) mass is 431 g/mol. The lowest BCUT2D eigenvalue weighted by Crippen LogP contribution is -2.54. The SMILES string of the molecule is CC(=O)N[C@@H](Cc1c[nH]c2ccccc12)C(=O)N[C@@H](Cc1c[nH]c2ccccc12)C(N)=O. The summed E-state index contributed by atoms with van der Waals surface area (Å²) >= 11 is 0. The van der Waals surface area contributed by atoms with Crippen molar-refractivity contribution in [3.05, 3.63) is 72.1 Å². The summed E-state index contributed by atoms with van der Waals surface area (Å²) in [7, 11) is 0. The second-order valence-electron chi connectivity index (χ2n) is 7.84. The first kappa shape index (κ1) is 21.2. The van der Waals surface area contributed by atoms with Gasteiger partial charge in [-0.2, -0.15) is 0 Å². The number of benzene rings is 2. The average Bonchev–Trinajstić information content (AvgIpc) is 3.37. The summed E-state index contributed by atoms with van der Waals surface area (Å²) in [6.45, 7) is 1.35. The van der Waals surface area contributed by atoms with E-state index in [0.29, 0.717) is 0 Å². The van der Waals surface area contributed by atoms with Gasteiger partial charge in [0.05, 0.1) is 0 Å². The van der Waals surface area contributed by atoms with Crippen LogP contribution in [0.2, 0.25) is 0 Å². The molecule has 4 aromatic rings. The second kappa shape index (κ2) is 8.97. The summed E-state index contributed by atoms with van der Waals surface area (Å²) in [6, 6.07) is 13.7. The maximum atomic E-state index is 13.1. The molecule has 0 fully saturated rings. The third kappa shape index (κ3) is 4.49. The molecule has 164 valence electrons. The molecule has 3 amide bonds. The highest BCUT2D eigenvalue weighted by Crippen LogP contribution is 2.20. The number of aromatic nitrogens is 2. The first-order valence-corrected chi connectivity index (χ1v) is 10.4. The van der Waals surface area contributed by atoms with Gasteiger partial charge in [-0.15, -0.1) is 0 Å². The number of carbonyl (C=O) groups excluding carboxylic acids is 3. The van der Waals surface area contributed by atoms with Crippen LogP contribution >= 0.6 is 0 Å². The van der Waals surface area contributed by atoms with Crippen molar-refractivity contribution in [2.45, 2.75) is 31.8 Å². The molecular formula is C24H25N5O3. The first-order valence-electron chi connectivity index (χ1n) is 10.4. The van der Waals surface area contributed by atoms with Crippen LogP contribution in [-0.2, 0) is 27.2 Å². The molecule has 8 heteroatoms. The van der Waals surface area contributed by atoms with Crippen molar-refractivity contribution in [3.8, 4) is 0 Å². The molecule has 0 unspecified atom stereocenters. The molecule has 8 nitrogen and oxygen atoms in total. The lowest BCUT2D eigenvalue weighted by Gasteiger charge is -2.21. The third-order valence-corrected chi connectivity index (χ3v) is 5.55. The number of para-hydroxylation sites is 2.